The van der Waals surface area contributed by atoms with Gasteiger partial charge in [0, 0.05) is 6.61 Å². The Hall–Kier alpha value is -0.840. The van der Waals surface area contributed by atoms with Crippen molar-refractivity contribution >= 4 is 0 Å². The average molecular weight is 177 g/mol. The molecule has 0 aliphatic rings. The number of rotatable bonds is 8. The van der Waals surface area contributed by atoms with E-state index in [-0.39, 0.29) is 13.2 Å². The second-order valence-electron chi connectivity index (χ2n) is 2.55. The predicted octanol–water partition coefficient (Wildman–Crippen LogP) is 1.14. The van der Waals surface area contributed by atoms with Gasteiger partial charge in [-0.05, 0) is 12.8 Å². The van der Waals surface area contributed by atoms with Gasteiger partial charge >= 0.3 is 0 Å². The molecule has 72 valence electrons. The molecular formula is C7H15NO4. The van der Waals surface area contributed by atoms with Crippen LogP contribution < -0.4 is 0 Å². The molecule has 0 aromatic carbocycles. The summed E-state index contributed by atoms with van der Waals surface area (Å²) < 4.78 is 0. The van der Waals surface area contributed by atoms with Crippen molar-refractivity contribution in [3.63, 3.8) is 0 Å². The lowest BCUT2D eigenvalue weighted by molar-refractivity contribution is -0.757. The van der Waals surface area contributed by atoms with Crippen molar-refractivity contribution in [1.29, 1.82) is 0 Å². The Morgan fingerprint density at radius 1 is 1.17 bits per heavy atom. The highest BCUT2D eigenvalue weighted by molar-refractivity contribution is 4.42. The molecule has 0 heterocycles. The maximum absolute atomic E-state index is 9.68. The Kier molecular flexibility index (Phi) is 7.68. The zero-order valence-corrected chi connectivity index (χ0v) is 7.07. The molecule has 5 heteroatoms. The van der Waals surface area contributed by atoms with Gasteiger partial charge in [-0.15, -0.1) is 10.1 Å². The highest BCUT2D eigenvalue weighted by Gasteiger charge is 1.94. The Labute approximate surface area is 71.4 Å². The largest absolute Gasteiger partial charge is 0.396 e. The summed E-state index contributed by atoms with van der Waals surface area (Å²) >= 11 is 0. The molecule has 0 saturated carbocycles. The first-order chi connectivity index (χ1) is 5.77. The number of nitrogens with zero attached hydrogens (tertiary/aromatic N) is 1. The zero-order valence-electron chi connectivity index (χ0n) is 7.07. The van der Waals surface area contributed by atoms with Gasteiger partial charge in [-0.1, -0.05) is 19.3 Å². The van der Waals surface area contributed by atoms with Crippen LogP contribution in [0.25, 0.3) is 0 Å². The van der Waals surface area contributed by atoms with E-state index in [1.165, 1.54) is 0 Å². The third-order valence-corrected chi connectivity index (χ3v) is 1.50. The Bertz CT molecular complexity index is 118. The summed E-state index contributed by atoms with van der Waals surface area (Å²) in [4.78, 5) is 13.8. The second-order valence-corrected chi connectivity index (χ2v) is 2.55. The normalized spacial score (nSPS) is 9.75. The Balaban J connectivity index is 2.86. The molecule has 0 saturated heterocycles. The lowest BCUT2D eigenvalue weighted by atomic mass is 10.1. The molecule has 0 unspecified atom stereocenters. The molecule has 0 atom stereocenters. The van der Waals surface area contributed by atoms with E-state index in [2.05, 4.69) is 4.84 Å². The maximum atomic E-state index is 9.68. The van der Waals surface area contributed by atoms with E-state index in [0.29, 0.717) is 6.42 Å². The van der Waals surface area contributed by atoms with E-state index in [9.17, 15) is 10.1 Å². The number of aliphatic hydroxyl groups excluding tert-OH is 1. The summed E-state index contributed by atoms with van der Waals surface area (Å²) in [6, 6.07) is 0. The van der Waals surface area contributed by atoms with Crippen LogP contribution in [0.3, 0.4) is 0 Å². The first-order valence-electron chi connectivity index (χ1n) is 4.15. The van der Waals surface area contributed by atoms with E-state index in [1.807, 2.05) is 0 Å². The molecular weight excluding hydrogens is 162 g/mol. The fourth-order valence-electron chi connectivity index (χ4n) is 0.883. The molecule has 0 aromatic heterocycles. The van der Waals surface area contributed by atoms with Crippen LogP contribution in [-0.4, -0.2) is 23.4 Å². The number of hydrogen-bond acceptors (Lipinski definition) is 4. The molecule has 0 aliphatic carbocycles. The van der Waals surface area contributed by atoms with Crippen molar-refractivity contribution < 1.29 is 15.0 Å². The molecule has 0 bridgehead atoms. The number of aliphatic hydroxyl groups is 1. The van der Waals surface area contributed by atoms with Gasteiger partial charge < -0.3 is 9.94 Å². The minimum atomic E-state index is -0.770. The van der Waals surface area contributed by atoms with Gasteiger partial charge in [0.25, 0.3) is 5.09 Å². The van der Waals surface area contributed by atoms with Crippen LogP contribution in [0, 0.1) is 10.1 Å². The minimum Gasteiger partial charge on any atom is -0.396 e. The SMILES string of the molecule is O=[N+]([O-])OCCCCCCCO. The van der Waals surface area contributed by atoms with Crippen molar-refractivity contribution in [3.05, 3.63) is 10.1 Å². The first-order valence-corrected chi connectivity index (χ1v) is 4.15. The Morgan fingerprint density at radius 3 is 2.33 bits per heavy atom. The molecule has 0 amide bonds. The van der Waals surface area contributed by atoms with E-state index in [1.54, 1.807) is 0 Å². The second kappa shape index (κ2) is 8.26. The van der Waals surface area contributed by atoms with Crippen LogP contribution in [0.2, 0.25) is 0 Å². The van der Waals surface area contributed by atoms with Crippen molar-refractivity contribution in [2.45, 2.75) is 32.1 Å². The first kappa shape index (κ1) is 11.2. The van der Waals surface area contributed by atoms with Gasteiger partial charge in [-0.25, -0.2) is 0 Å². The standard InChI is InChI=1S/C7H15NO4/c9-6-4-2-1-3-5-7-12-8(10)11/h9H,1-7H2. The molecule has 0 spiro atoms. The monoisotopic (exact) mass is 177 g/mol. The molecule has 1 N–H and O–H groups in total. The van der Waals surface area contributed by atoms with Crippen LogP contribution in [0.1, 0.15) is 32.1 Å². The summed E-state index contributed by atoms with van der Waals surface area (Å²) in [5.41, 5.74) is 0. The predicted molar refractivity (Wildman–Crippen MR) is 43.1 cm³/mol. The van der Waals surface area contributed by atoms with Gasteiger partial charge in [-0.2, -0.15) is 0 Å². The molecule has 0 aliphatic heterocycles. The lowest BCUT2D eigenvalue weighted by Crippen LogP contribution is -2.01. The van der Waals surface area contributed by atoms with Crippen LogP contribution in [-0.2, 0) is 4.84 Å². The van der Waals surface area contributed by atoms with Crippen molar-refractivity contribution in [2.24, 2.45) is 0 Å². The Morgan fingerprint density at radius 2 is 1.75 bits per heavy atom. The minimum absolute atomic E-state index is 0.187. The van der Waals surface area contributed by atoms with Crippen molar-refractivity contribution in [3.8, 4) is 0 Å². The quantitative estimate of drug-likeness (QED) is 0.343. The molecule has 0 fully saturated rings. The molecule has 12 heavy (non-hydrogen) atoms. The average Bonchev–Trinajstić information content (AvgIpc) is 2.02. The number of unbranched alkanes of at least 4 members (excludes halogenated alkanes) is 4. The van der Waals surface area contributed by atoms with E-state index < -0.39 is 5.09 Å². The van der Waals surface area contributed by atoms with Gasteiger partial charge in [0.2, 0.25) is 0 Å². The summed E-state index contributed by atoms with van der Waals surface area (Å²) in [6.45, 7) is 0.414. The van der Waals surface area contributed by atoms with Gasteiger partial charge in [0.05, 0.1) is 6.61 Å². The highest BCUT2D eigenvalue weighted by Crippen LogP contribution is 2.02. The molecule has 0 aromatic rings. The fraction of sp³-hybridized carbons (Fsp3) is 1.00. The van der Waals surface area contributed by atoms with Crippen LogP contribution in [0.15, 0.2) is 0 Å². The van der Waals surface area contributed by atoms with Gasteiger partial charge in [0.15, 0.2) is 0 Å². The van der Waals surface area contributed by atoms with Crippen LogP contribution in [0.4, 0.5) is 0 Å². The van der Waals surface area contributed by atoms with Crippen LogP contribution >= 0.6 is 0 Å². The summed E-state index contributed by atoms with van der Waals surface area (Å²) in [5, 5.41) is 17.3. The molecule has 5 nitrogen and oxygen atoms in total. The van der Waals surface area contributed by atoms with Gasteiger partial charge in [0.1, 0.15) is 0 Å². The third-order valence-electron chi connectivity index (χ3n) is 1.50. The highest BCUT2D eigenvalue weighted by atomic mass is 16.9. The van der Waals surface area contributed by atoms with Crippen LogP contribution in [0.5, 0.6) is 0 Å². The van der Waals surface area contributed by atoms with Gasteiger partial charge in [-0.3, -0.25) is 0 Å². The molecule has 0 rings (SSSR count). The summed E-state index contributed by atoms with van der Waals surface area (Å²) in [6.07, 6.45) is 4.44. The van der Waals surface area contributed by atoms with E-state index >= 15 is 0 Å². The topological polar surface area (TPSA) is 72.6 Å². The third kappa shape index (κ3) is 9.16. The summed E-state index contributed by atoms with van der Waals surface area (Å²) in [5.74, 6) is 0. The van der Waals surface area contributed by atoms with E-state index in [0.717, 1.165) is 25.7 Å². The molecule has 0 radical (unpaired) electrons. The lowest BCUT2D eigenvalue weighted by Gasteiger charge is -1.98. The van der Waals surface area contributed by atoms with Crippen molar-refractivity contribution in [2.75, 3.05) is 13.2 Å². The fourth-order valence-corrected chi connectivity index (χ4v) is 0.883. The summed E-state index contributed by atoms with van der Waals surface area (Å²) in [7, 11) is 0. The van der Waals surface area contributed by atoms with E-state index in [4.69, 9.17) is 5.11 Å². The number of hydrogen-bond donors (Lipinski definition) is 1. The van der Waals surface area contributed by atoms with Crippen molar-refractivity contribution in [1.82, 2.24) is 0 Å². The zero-order chi connectivity index (χ0) is 9.23. The maximum Gasteiger partial charge on any atom is 0.294 e. The smallest absolute Gasteiger partial charge is 0.294 e.